The molecule has 21 heavy (non-hydrogen) atoms. The Morgan fingerprint density at radius 1 is 1.24 bits per heavy atom. The molecule has 1 N–H and O–H groups in total. The molecule has 10 heteroatoms. The second kappa shape index (κ2) is 4.72. The van der Waals surface area contributed by atoms with Crippen molar-refractivity contribution < 1.29 is 31.2 Å². The van der Waals surface area contributed by atoms with E-state index in [1.807, 2.05) is 0 Å². The van der Waals surface area contributed by atoms with Gasteiger partial charge in [0.05, 0.1) is 22.7 Å². The van der Waals surface area contributed by atoms with Crippen LogP contribution >= 0.6 is 0 Å². The van der Waals surface area contributed by atoms with E-state index >= 15 is 0 Å². The second-order valence-corrected chi connectivity index (χ2v) is 6.32. The zero-order valence-electron chi connectivity index (χ0n) is 10.6. The Morgan fingerprint density at radius 2 is 1.86 bits per heavy atom. The minimum atomic E-state index is -4.94. The highest BCUT2D eigenvalue weighted by atomic mass is 32.2. The van der Waals surface area contributed by atoms with Crippen LogP contribution in [0.4, 0.5) is 23.7 Å². The lowest BCUT2D eigenvalue weighted by molar-refractivity contribution is -0.139. The maximum atomic E-state index is 13.0. The Hall–Kier alpha value is -2.10. The van der Waals surface area contributed by atoms with Crippen LogP contribution < -0.4 is 10.2 Å². The largest absolute Gasteiger partial charge is 0.417 e. The van der Waals surface area contributed by atoms with Crippen molar-refractivity contribution >= 4 is 27.5 Å². The Bertz CT molecular complexity index is 711. The second-order valence-electron chi connectivity index (χ2n) is 4.34. The molecule has 3 amide bonds. The third-order valence-electron chi connectivity index (χ3n) is 2.77. The van der Waals surface area contributed by atoms with Gasteiger partial charge in [-0.1, -0.05) is 0 Å². The quantitative estimate of drug-likeness (QED) is 0.828. The van der Waals surface area contributed by atoms with E-state index in [0.717, 1.165) is 12.1 Å². The molecule has 1 fully saturated rings. The fraction of sp³-hybridized carbons (Fsp3) is 0.273. The summed E-state index contributed by atoms with van der Waals surface area (Å²) in [7, 11) is -4.11. The van der Waals surface area contributed by atoms with Gasteiger partial charge in [-0.3, -0.25) is 4.79 Å². The Kier molecular flexibility index (Phi) is 3.44. The van der Waals surface area contributed by atoms with Gasteiger partial charge in [-0.25, -0.2) is 18.1 Å². The van der Waals surface area contributed by atoms with Crippen LogP contribution in [0.5, 0.6) is 0 Å². The van der Waals surface area contributed by atoms with Gasteiger partial charge in [0.2, 0.25) is 0 Å². The van der Waals surface area contributed by atoms with Crippen LogP contribution in [-0.2, 0) is 20.8 Å². The van der Waals surface area contributed by atoms with E-state index in [-0.39, 0.29) is 12.2 Å². The van der Waals surface area contributed by atoms with Crippen LogP contribution in [-0.4, -0.2) is 33.2 Å². The predicted molar refractivity (Wildman–Crippen MR) is 65.4 cm³/mol. The first-order valence-corrected chi connectivity index (χ1v) is 7.43. The van der Waals surface area contributed by atoms with Crippen LogP contribution in [0.3, 0.4) is 0 Å². The molecule has 1 heterocycles. The van der Waals surface area contributed by atoms with Crippen molar-refractivity contribution in [2.45, 2.75) is 11.1 Å². The molecule has 1 aliphatic heterocycles. The molecule has 0 bridgehead atoms. The highest BCUT2D eigenvalue weighted by Crippen LogP contribution is 2.37. The van der Waals surface area contributed by atoms with E-state index < -0.39 is 38.4 Å². The molecule has 2 rings (SSSR count). The van der Waals surface area contributed by atoms with Crippen LogP contribution in [0.2, 0.25) is 0 Å². The predicted octanol–water partition coefficient (Wildman–Crippen LogP) is 1.17. The molecule has 1 aliphatic rings. The van der Waals surface area contributed by atoms with Crippen LogP contribution in [0.1, 0.15) is 5.56 Å². The highest BCUT2D eigenvalue weighted by Gasteiger charge is 2.38. The number of nitrogens with one attached hydrogen (secondary N) is 1. The molecule has 114 valence electrons. The zero-order chi connectivity index (χ0) is 16.0. The molecule has 0 aromatic heterocycles. The summed E-state index contributed by atoms with van der Waals surface area (Å²) in [5, 5.41) is 2.16. The lowest BCUT2D eigenvalue weighted by Crippen LogP contribution is -2.31. The van der Waals surface area contributed by atoms with Crippen molar-refractivity contribution in [3.63, 3.8) is 0 Å². The maximum absolute atomic E-state index is 13.0. The Labute approximate surface area is 117 Å². The molecule has 0 spiro atoms. The average Bonchev–Trinajstić information content (AvgIpc) is 2.66. The van der Waals surface area contributed by atoms with Crippen molar-refractivity contribution in [3.8, 4) is 0 Å². The van der Waals surface area contributed by atoms with Crippen molar-refractivity contribution in [1.82, 2.24) is 5.32 Å². The number of rotatable bonds is 2. The molecule has 0 atom stereocenters. The third-order valence-corrected chi connectivity index (χ3v) is 3.92. The van der Waals surface area contributed by atoms with Gasteiger partial charge in [0.1, 0.15) is 0 Å². The fourth-order valence-corrected chi connectivity index (χ4v) is 2.78. The summed E-state index contributed by atoms with van der Waals surface area (Å²) >= 11 is 0. The van der Waals surface area contributed by atoms with Gasteiger partial charge < -0.3 is 5.32 Å². The number of halogens is 3. The van der Waals surface area contributed by atoms with Crippen molar-refractivity contribution in [3.05, 3.63) is 23.8 Å². The molecule has 1 aromatic carbocycles. The van der Waals surface area contributed by atoms with E-state index in [9.17, 15) is 31.2 Å². The molecule has 0 unspecified atom stereocenters. The number of alkyl halides is 3. The number of carbonyl (C=O) groups is 2. The summed E-state index contributed by atoms with van der Waals surface area (Å²) in [4.78, 5) is 22.5. The minimum absolute atomic E-state index is 0.325. The van der Waals surface area contributed by atoms with E-state index in [1.165, 1.54) is 0 Å². The monoisotopic (exact) mass is 322 g/mol. The maximum Gasteiger partial charge on any atom is 0.417 e. The van der Waals surface area contributed by atoms with Gasteiger partial charge in [0, 0.05) is 6.26 Å². The van der Waals surface area contributed by atoms with Crippen LogP contribution in [0.15, 0.2) is 23.1 Å². The number of benzene rings is 1. The summed E-state index contributed by atoms with van der Waals surface area (Å²) in [6.07, 6.45) is -4.29. The molecular weight excluding hydrogens is 313 g/mol. The Balaban J connectivity index is 2.63. The third kappa shape index (κ3) is 2.84. The molecule has 6 nitrogen and oxygen atoms in total. The first-order valence-electron chi connectivity index (χ1n) is 5.54. The fourth-order valence-electron chi connectivity index (χ4n) is 1.89. The van der Waals surface area contributed by atoms with E-state index in [0.29, 0.717) is 17.2 Å². The molecule has 1 aromatic rings. The van der Waals surface area contributed by atoms with Crippen molar-refractivity contribution in [2.24, 2.45) is 0 Å². The smallest absolute Gasteiger partial charge is 0.328 e. The van der Waals surface area contributed by atoms with E-state index in [2.05, 4.69) is 5.32 Å². The van der Waals surface area contributed by atoms with Gasteiger partial charge in [-0.05, 0) is 18.2 Å². The molecular formula is C11H9F3N2O4S. The Morgan fingerprint density at radius 3 is 2.29 bits per heavy atom. The summed E-state index contributed by atoms with van der Waals surface area (Å²) in [5.74, 6) is -0.722. The molecule has 0 radical (unpaired) electrons. The van der Waals surface area contributed by atoms with Gasteiger partial charge >= 0.3 is 12.2 Å². The first-order chi connectivity index (χ1) is 9.51. The van der Waals surface area contributed by atoms with Crippen molar-refractivity contribution in [2.75, 3.05) is 17.7 Å². The summed E-state index contributed by atoms with van der Waals surface area (Å²) in [6, 6.07) is 1.32. The number of hydrogen-bond donors (Lipinski definition) is 1. The number of urea groups is 1. The van der Waals surface area contributed by atoms with Crippen LogP contribution in [0.25, 0.3) is 0 Å². The molecule has 0 aliphatic carbocycles. The number of carbonyl (C=O) groups excluding carboxylic acids is 2. The van der Waals surface area contributed by atoms with Crippen LogP contribution in [0, 0.1) is 0 Å². The van der Waals surface area contributed by atoms with Crippen molar-refractivity contribution in [1.29, 1.82) is 0 Å². The summed E-state index contributed by atoms with van der Waals surface area (Å²) in [5.41, 5.74) is -1.76. The number of anilines is 1. The topological polar surface area (TPSA) is 83.6 Å². The number of nitrogens with zero attached hydrogens (tertiary/aromatic N) is 1. The molecule has 0 saturated carbocycles. The van der Waals surface area contributed by atoms with Gasteiger partial charge in [-0.15, -0.1) is 0 Å². The standard InChI is InChI=1S/C11H9F3N2O4S/c1-21(19,20)8-3-2-6(4-7(8)11(12,13)14)16-9(17)5-15-10(16)18/h2-4H,5H2,1H3,(H,15,18). The van der Waals surface area contributed by atoms with E-state index in [4.69, 9.17) is 0 Å². The number of hydrogen-bond acceptors (Lipinski definition) is 4. The number of imide groups is 1. The lowest BCUT2D eigenvalue weighted by atomic mass is 10.2. The van der Waals surface area contributed by atoms with E-state index in [1.54, 1.807) is 0 Å². The average molecular weight is 322 g/mol. The minimum Gasteiger partial charge on any atom is -0.328 e. The summed E-state index contributed by atoms with van der Waals surface area (Å²) < 4.78 is 61.7. The van der Waals surface area contributed by atoms with Gasteiger partial charge in [0.25, 0.3) is 5.91 Å². The summed E-state index contributed by atoms with van der Waals surface area (Å²) in [6.45, 7) is -0.325. The van der Waals surface area contributed by atoms with Gasteiger partial charge in [0.15, 0.2) is 9.84 Å². The highest BCUT2D eigenvalue weighted by molar-refractivity contribution is 7.90. The number of sulfone groups is 1. The zero-order valence-corrected chi connectivity index (χ0v) is 11.4. The van der Waals surface area contributed by atoms with Gasteiger partial charge in [-0.2, -0.15) is 13.2 Å². The first kappa shape index (κ1) is 15.3. The number of amides is 3. The normalized spacial score (nSPS) is 16.3. The lowest BCUT2D eigenvalue weighted by Gasteiger charge is -2.17. The SMILES string of the molecule is CS(=O)(=O)c1ccc(N2C(=O)CNC2=O)cc1C(F)(F)F. The molecule has 1 saturated heterocycles.